The molecule has 0 radical (unpaired) electrons. The van der Waals surface area contributed by atoms with Gasteiger partial charge in [0.05, 0.1) is 16.2 Å². The summed E-state index contributed by atoms with van der Waals surface area (Å²) in [4.78, 5) is 0.399. The highest BCUT2D eigenvalue weighted by Crippen LogP contribution is 2.34. The fraction of sp³-hybridized carbons (Fsp3) is 0.600. The molecule has 0 aliphatic heterocycles. The maximum Gasteiger partial charge on any atom is 0.178 e. The van der Waals surface area contributed by atoms with Gasteiger partial charge in [-0.25, -0.2) is 8.42 Å². The van der Waals surface area contributed by atoms with Crippen molar-refractivity contribution in [3.05, 3.63) is 24.3 Å². The molecule has 1 N–H and O–H groups in total. The number of halogens is 1. The van der Waals surface area contributed by atoms with Crippen molar-refractivity contribution < 1.29 is 8.42 Å². The van der Waals surface area contributed by atoms with E-state index >= 15 is 0 Å². The van der Waals surface area contributed by atoms with Gasteiger partial charge in [0.2, 0.25) is 0 Å². The Morgan fingerprint density at radius 2 is 1.80 bits per heavy atom. The molecule has 0 saturated heterocycles. The highest BCUT2D eigenvalue weighted by Gasteiger charge is 2.32. The second kappa shape index (κ2) is 6.35. The highest BCUT2D eigenvalue weighted by atomic mass is 35.5. The first-order valence-electron chi connectivity index (χ1n) is 7.18. The zero-order chi connectivity index (χ0) is 14.6. The van der Waals surface area contributed by atoms with Gasteiger partial charge < -0.3 is 5.32 Å². The third kappa shape index (κ3) is 3.47. The van der Waals surface area contributed by atoms with E-state index in [1.165, 1.54) is 12.8 Å². The molecule has 2 rings (SSSR count). The van der Waals surface area contributed by atoms with Gasteiger partial charge in [0.1, 0.15) is 0 Å². The van der Waals surface area contributed by atoms with Crippen molar-refractivity contribution in [1.29, 1.82) is 0 Å². The van der Waals surface area contributed by atoms with E-state index in [0.29, 0.717) is 17.2 Å². The molecular formula is C15H22ClNO2S. The van der Waals surface area contributed by atoms with Crippen molar-refractivity contribution in [1.82, 2.24) is 0 Å². The summed E-state index contributed by atoms with van der Waals surface area (Å²) in [5.41, 5.74) is 0.925. The molecule has 1 fully saturated rings. The molecule has 3 nitrogen and oxygen atoms in total. The van der Waals surface area contributed by atoms with Crippen LogP contribution in [0.4, 0.5) is 5.69 Å². The fourth-order valence-electron chi connectivity index (χ4n) is 2.78. The van der Waals surface area contributed by atoms with Crippen LogP contribution in [0.5, 0.6) is 0 Å². The molecule has 1 aliphatic carbocycles. The number of anilines is 1. The predicted octanol–water partition coefficient (Wildman–Crippen LogP) is 3.83. The topological polar surface area (TPSA) is 46.2 Å². The minimum atomic E-state index is -3.13. The van der Waals surface area contributed by atoms with Crippen LogP contribution in [0.25, 0.3) is 0 Å². The molecule has 0 heterocycles. The number of hydrogen-bond donors (Lipinski definition) is 1. The highest BCUT2D eigenvalue weighted by molar-refractivity contribution is 7.91. The molecule has 20 heavy (non-hydrogen) atoms. The smallest absolute Gasteiger partial charge is 0.178 e. The number of alkyl halides is 1. The van der Waals surface area contributed by atoms with Gasteiger partial charge in [-0.3, -0.25) is 0 Å². The van der Waals surface area contributed by atoms with Gasteiger partial charge in [-0.05, 0) is 43.5 Å². The van der Waals surface area contributed by atoms with E-state index in [2.05, 4.69) is 5.32 Å². The Hall–Kier alpha value is -0.740. The van der Waals surface area contributed by atoms with E-state index in [-0.39, 0.29) is 11.3 Å². The average Bonchev–Trinajstić information content (AvgIpc) is 2.88. The van der Waals surface area contributed by atoms with Gasteiger partial charge in [0.25, 0.3) is 0 Å². The van der Waals surface area contributed by atoms with Crippen LogP contribution in [-0.4, -0.2) is 25.6 Å². The van der Waals surface area contributed by atoms with Crippen molar-refractivity contribution >= 4 is 27.1 Å². The first kappa shape index (κ1) is 15.6. The van der Waals surface area contributed by atoms with Crippen LogP contribution < -0.4 is 5.32 Å². The molecule has 5 heteroatoms. The third-order valence-corrected chi connectivity index (χ3v) is 6.36. The molecule has 0 amide bonds. The molecular weight excluding hydrogens is 294 g/mol. The third-order valence-electron chi connectivity index (χ3n) is 3.91. The lowest BCUT2D eigenvalue weighted by Gasteiger charge is -2.29. The summed E-state index contributed by atoms with van der Waals surface area (Å²) in [6, 6.07) is 7.05. The van der Waals surface area contributed by atoms with Crippen molar-refractivity contribution in [3.63, 3.8) is 0 Å². The van der Waals surface area contributed by atoms with Gasteiger partial charge in [-0.15, -0.1) is 11.6 Å². The molecule has 0 bridgehead atoms. The van der Waals surface area contributed by atoms with E-state index in [4.69, 9.17) is 11.6 Å². The second-order valence-corrected chi connectivity index (χ2v) is 7.97. The van der Waals surface area contributed by atoms with Crippen LogP contribution in [0, 0.1) is 0 Å². The lowest BCUT2D eigenvalue weighted by molar-refractivity contribution is 0.540. The first-order chi connectivity index (χ1) is 9.51. The normalized spacial score (nSPS) is 18.1. The van der Waals surface area contributed by atoms with Crippen LogP contribution in [0.1, 0.15) is 39.0 Å². The Labute approximate surface area is 126 Å². The van der Waals surface area contributed by atoms with E-state index in [9.17, 15) is 8.42 Å². The Kier molecular flexibility index (Phi) is 4.97. The summed E-state index contributed by atoms with van der Waals surface area (Å²) >= 11 is 6.10. The number of nitrogens with one attached hydrogen (secondary N) is 1. The predicted molar refractivity (Wildman–Crippen MR) is 84.3 cm³/mol. The zero-order valence-corrected chi connectivity index (χ0v) is 13.4. The largest absolute Gasteiger partial charge is 0.378 e. The van der Waals surface area contributed by atoms with Crippen LogP contribution in [0.3, 0.4) is 0 Å². The van der Waals surface area contributed by atoms with Gasteiger partial charge in [-0.1, -0.05) is 19.8 Å². The Morgan fingerprint density at radius 1 is 1.20 bits per heavy atom. The van der Waals surface area contributed by atoms with Crippen LogP contribution >= 0.6 is 11.6 Å². The maximum absolute atomic E-state index is 12.0. The quantitative estimate of drug-likeness (QED) is 0.811. The zero-order valence-electron chi connectivity index (χ0n) is 11.9. The van der Waals surface area contributed by atoms with Gasteiger partial charge in [0, 0.05) is 11.6 Å². The number of sulfone groups is 1. The molecule has 0 atom stereocenters. The number of rotatable bonds is 6. The number of hydrogen-bond acceptors (Lipinski definition) is 3. The molecule has 0 unspecified atom stereocenters. The lowest BCUT2D eigenvalue weighted by Crippen LogP contribution is -2.36. The molecule has 0 aromatic heterocycles. The summed E-state index contributed by atoms with van der Waals surface area (Å²) < 4.78 is 23.9. The number of benzene rings is 1. The lowest BCUT2D eigenvalue weighted by atomic mass is 10.00. The minimum absolute atomic E-state index is 0.0225. The average molecular weight is 316 g/mol. The van der Waals surface area contributed by atoms with Crippen molar-refractivity contribution in [2.24, 2.45) is 0 Å². The molecule has 112 valence electrons. The Balaban J connectivity index is 2.12. The molecule has 1 aliphatic rings. The first-order valence-corrected chi connectivity index (χ1v) is 9.37. The van der Waals surface area contributed by atoms with Gasteiger partial charge >= 0.3 is 0 Å². The molecule has 1 saturated carbocycles. The SMILES string of the molecule is CCCS(=O)(=O)c1ccc(NC2(CCl)CCCC2)cc1. The van der Waals surface area contributed by atoms with Crippen LogP contribution in [-0.2, 0) is 9.84 Å². The van der Waals surface area contributed by atoms with Crippen molar-refractivity contribution in [3.8, 4) is 0 Å². The van der Waals surface area contributed by atoms with Gasteiger partial charge in [0.15, 0.2) is 9.84 Å². The standard InChI is InChI=1S/C15H22ClNO2S/c1-2-11-20(18,19)14-7-5-13(6-8-14)17-15(12-16)9-3-4-10-15/h5-8,17H,2-4,9-12H2,1H3. The summed E-state index contributed by atoms with van der Waals surface area (Å²) in [5, 5.41) is 3.49. The summed E-state index contributed by atoms with van der Waals surface area (Å²) in [7, 11) is -3.13. The van der Waals surface area contributed by atoms with E-state index < -0.39 is 9.84 Å². The summed E-state index contributed by atoms with van der Waals surface area (Å²) in [5.74, 6) is 0.786. The Morgan fingerprint density at radius 3 is 2.30 bits per heavy atom. The summed E-state index contributed by atoms with van der Waals surface area (Å²) in [6.45, 7) is 1.87. The molecule has 1 aromatic carbocycles. The van der Waals surface area contributed by atoms with Crippen LogP contribution in [0.2, 0.25) is 0 Å². The summed E-state index contributed by atoms with van der Waals surface area (Å²) in [6.07, 6.45) is 5.18. The minimum Gasteiger partial charge on any atom is -0.378 e. The van der Waals surface area contributed by atoms with Crippen molar-refractivity contribution in [2.45, 2.75) is 49.5 Å². The monoisotopic (exact) mass is 315 g/mol. The Bertz CT molecular complexity index is 533. The van der Waals surface area contributed by atoms with Crippen LogP contribution in [0.15, 0.2) is 29.2 Å². The van der Waals surface area contributed by atoms with E-state index in [1.807, 2.05) is 19.1 Å². The molecule has 0 spiro atoms. The van der Waals surface area contributed by atoms with Crippen molar-refractivity contribution in [2.75, 3.05) is 16.9 Å². The van der Waals surface area contributed by atoms with E-state index in [1.54, 1.807) is 12.1 Å². The second-order valence-electron chi connectivity index (χ2n) is 5.59. The molecule has 1 aromatic rings. The van der Waals surface area contributed by atoms with Gasteiger partial charge in [-0.2, -0.15) is 0 Å². The fourth-order valence-corrected chi connectivity index (χ4v) is 4.44. The van der Waals surface area contributed by atoms with E-state index in [0.717, 1.165) is 18.5 Å². The maximum atomic E-state index is 12.0.